The monoisotopic (exact) mass is 688 g/mol. The van der Waals surface area contributed by atoms with Crippen molar-refractivity contribution in [3.63, 3.8) is 0 Å². The Labute approximate surface area is 283 Å². The standard InChI is InChI=1S/C36H37BrN4O.2H2S/c1-42-36-33(21-29-20-30(37)15-16-34(29)39-36)35(27-12-6-3-7-13-27)28(17-18-38)14-8-9-19-40-24-32-22-31(40)25-41(32)23-26-10-4-2-5-11-26;;/h2-7,10-13,15-17,20-21,31-32,35H,8-9,14,19,22-25H2,1H3;2*1H2/b28-17+;;. The quantitative estimate of drug-likeness (QED) is 0.118. The second-order valence-electron chi connectivity index (χ2n) is 11.5. The van der Waals surface area contributed by atoms with Crippen molar-refractivity contribution in [3.05, 3.63) is 118 Å². The fourth-order valence-corrected chi connectivity index (χ4v) is 7.28. The number of ether oxygens (including phenoxy) is 1. The first-order valence-corrected chi connectivity index (χ1v) is 15.7. The molecule has 44 heavy (non-hydrogen) atoms. The largest absolute Gasteiger partial charge is 0.481 e. The summed E-state index contributed by atoms with van der Waals surface area (Å²) in [7, 11) is 1.68. The third kappa shape index (κ3) is 7.70. The summed E-state index contributed by atoms with van der Waals surface area (Å²) in [6.45, 7) is 4.51. The van der Waals surface area contributed by atoms with E-state index >= 15 is 0 Å². The number of rotatable bonds is 11. The first kappa shape index (κ1) is 34.1. The van der Waals surface area contributed by atoms with Crippen LogP contribution >= 0.6 is 42.9 Å². The van der Waals surface area contributed by atoms with Gasteiger partial charge >= 0.3 is 0 Å². The van der Waals surface area contributed by atoms with E-state index in [1.807, 2.05) is 18.2 Å². The van der Waals surface area contributed by atoms with Crippen LogP contribution in [0.25, 0.3) is 10.9 Å². The van der Waals surface area contributed by atoms with Gasteiger partial charge in [0, 0.05) is 59.1 Å². The van der Waals surface area contributed by atoms with Crippen molar-refractivity contribution in [2.45, 2.75) is 50.2 Å². The molecule has 3 atom stereocenters. The number of halogens is 1. The molecule has 0 radical (unpaired) electrons. The molecule has 8 heteroatoms. The first-order chi connectivity index (χ1) is 20.6. The molecule has 5 nitrogen and oxygen atoms in total. The number of nitriles is 1. The van der Waals surface area contributed by atoms with E-state index in [4.69, 9.17) is 9.72 Å². The minimum atomic E-state index is -0.106. The molecule has 0 amide bonds. The lowest BCUT2D eigenvalue weighted by Gasteiger charge is -2.34. The van der Waals surface area contributed by atoms with Gasteiger partial charge in [-0.2, -0.15) is 32.3 Å². The number of hydrogen-bond acceptors (Lipinski definition) is 5. The number of benzene rings is 3. The molecule has 3 aromatic carbocycles. The zero-order valence-corrected chi connectivity index (χ0v) is 28.7. The summed E-state index contributed by atoms with van der Waals surface area (Å²) < 4.78 is 6.85. The van der Waals surface area contributed by atoms with Crippen LogP contribution in [-0.4, -0.2) is 53.6 Å². The molecule has 0 saturated carbocycles. The SMILES string of the molecule is COc1nc2ccc(Br)cc2cc1C(/C(=C/C#N)CCCCN1CC2CC1CN2Cc1ccccc1)c1ccccc1.S.S. The molecule has 0 N–H and O–H groups in total. The Bertz CT molecular complexity index is 1590. The highest BCUT2D eigenvalue weighted by Gasteiger charge is 2.42. The smallest absolute Gasteiger partial charge is 0.217 e. The molecule has 1 aromatic heterocycles. The average Bonchev–Trinajstić information content (AvgIpc) is 3.60. The Morgan fingerprint density at radius 2 is 1.68 bits per heavy atom. The highest BCUT2D eigenvalue weighted by molar-refractivity contribution is 9.10. The molecule has 6 rings (SSSR count). The van der Waals surface area contributed by atoms with Crippen molar-refractivity contribution in [3.8, 4) is 11.9 Å². The van der Waals surface area contributed by atoms with Crippen LogP contribution in [0.4, 0.5) is 0 Å². The van der Waals surface area contributed by atoms with Crippen LogP contribution < -0.4 is 4.74 Å². The summed E-state index contributed by atoms with van der Waals surface area (Å²) in [5.41, 5.74) is 5.54. The first-order valence-electron chi connectivity index (χ1n) is 14.9. The Kier molecular flexibility index (Phi) is 12.4. The molecule has 2 bridgehead atoms. The van der Waals surface area contributed by atoms with Gasteiger partial charge in [0.05, 0.1) is 18.7 Å². The summed E-state index contributed by atoms with van der Waals surface area (Å²) in [5.74, 6) is 0.502. The van der Waals surface area contributed by atoms with E-state index in [0.717, 1.165) is 64.4 Å². The van der Waals surface area contributed by atoms with Gasteiger partial charge in [-0.1, -0.05) is 76.6 Å². The lowest BCUT2D eigenvalue weighted by Crippen LogP contribution is -2.46. The lowest BCUT2D eigenvalue weighted by molar-refractivity contribution is 0.121. The Morgan fingerprint density at radius 3 is 2.36 bits per heavy atom. The predicted molar refractivity (Wildman–Crippen MR) is 193 cm³/mol. The summed E-state index contributed by atoms with van der Waals surface area (Å²) >= 11 is 3.61. The van der Waals surface area contributed by atoms with E-state index < -0.39 is 0 Å². The summed E-state index contributed by atoms with van der Waals surface area (Å²) in [6.07, 6.45) is 6.04. The van der Waals surface area contributed by atoms with Crippen LogP contribution in [0, 0.1) is 11.3 Å². The second kappa shape index (κ2) is 16.0. The van der Waals surface area contributed by atoms with Crippen LogP contribution in [0.5, 0.6) is 5.88 Å². The highest BCUT2D eigenvalue weighted by atomic mass is 79.9. The van der Waals surface area contributed by atoms with Gasteiger partial charge in [-0.25, -0.2) is 4.98 Å². The summed E-state index contributed by atoms with van der Waals surface area (Å²) in [4.78, 5) is 10.2. The van der Waals surface area contributed by atoms with Gasteiger partial charge in [0.25, 0.3) is 0 Å². The van der Waals surface area contributed by atoms with E-state index in [0.29, 0.717) is 18.0 Å². The number of unbranched alkanes of at least 4 members (excludes halogenated alkanes) is 1. The van der Waals surface area contributed by atoms with Crippen molar-refractivity contribution >= 4 is 53.8 Å². The van der Waals surface area contributed by atoms with Gasteiger partial charge in [0.2, 0.25) is 5.88 Å². The van der Waals surface area contributed by atoms with Gasteiger partial charge in [-0.15, -0.1) is 0 Å². The number of likely N-dealkylation sites (tertiary alicyclic amines) is 2. The number of hydrogen-bond donors (Lipinski definition) is 0. The minimum Gasteiger partial charge on any atom is -0.481 e. The molecule has 2 saturated heterocycles. The zero-order chi connectivity index (χ0) is 28.9. The highest BCUT2D eigenvalue weighted by Crippen LogP contribution is 2.40. The Hall–Kier alpha value is -2.80. The van der Waals surface area contributed by atoms with Crippen molar-refractivity contribution in [2.24, 2.45) is 0 Å². The zero-order valence-electron chi connectivity index (χ0n) is 25.1. The molecule has 2 aliphatic heterocycles. The van der Waals surface area contributed by atoms with Gasteiger partial charge in [-0.3, -0.25) is 9.80 Å². The fourth-order valence-electron chi connectivity index (χ4n) is 6.90. The van der Waals surface area contributed by atoms with Gasteiger partial charge in [-0.05, 0) is 73.2 Å². The van der Waals surface area contributed by atoms with Crippen molar-refractivity contribution in [1.82, 2.24) is 14.8 Å². The summed E-state index contributed by atoms with van der Waals surface area (Å²) in [6, 6.07) is 33.2. The Morgan fingerprint density at radius 1 is 0.977 bits per heavy atom. The molecular formula is C36H41BrN4OS2. The van der Waals surface area contributed by atoms with Crippen LogP contribution in [-0.2, 0) is 6.54 Å². The minimum absolute atomic E-state index is 0. The van der Waals surface area contributed by atoms with E-state index in [2.05, 4.69) is 98.5 Å². The van der Waals surface area contributed by atoms with Gasteiger partial charge < -0.3 is 4.74 Å². The maximum Gasteiger partial charge on any atom is 0.217 e. The number of aromatic nitrogens is 1. The number of fused-ring (bicyclic) bond motifs is 3. The van der Waals surface area contributed by atoms with Crippen LogP contribution in [0.2, 0.25) is 0 Å². The van der Waals surface area contributed by atoms with E-state index in [1.165, 1.54) is 25.1 Å². The molecule has 2 aliphatic rings. The molecule has 2 fully saturated rings. The van der Waals surface area contributed by atoms with Gasteiger partial charge in [0.15, 0.2) is 0 Å². The molecule has 0 spiro atoms. The lowest BCUT2D eigenvalue weighted by atomic mass is 9.82. The molecule has 230 valence electrons. The second-order valence-corrected chi connectivity index (χ2v) is 12.4. The van der Waals surface area contributed by atoms with Crippen molar-refractivity contribution in [1.29, 1.82) is 5.26 Å². The summed E-state index contributed by atoms with van der Waals surface area (Å²) in [5, 5.41) is 10.9. The van der Waals surface area contributed by atoms with Crippen molar-refractivity contribution in [2.75, 3.05) is 26.7 Å². The predicted octanol–water partition coefficient (Wildman–Crippen LogP) is 7.94. The number of allylic oxidation sites excluding steroid dienone is 2. The molecular weight excluding hydrogens is 648 g/mol. The Balaban J connectivity index is 0.00000221. The van der Waals surface area contributed by atoms with E-state index in [1.54, 1.807) is 13.2 Å². The van der Waals surface area contributed by atoms with Crippen LogP contribution in [0.15, 0.2) is 101 Å². The van der Waals surface area contributed by atoms with E-state index in [9.17, 15) is 5.26 Å². The molecule has 4 aromatic rings. The molecule has 0 aliphatic carbocycles. The maximum atomic E-state index is 9.85. The van der Waals surface area contributed by atoms with Crippen LogP contribution in [0.1, 0.15) is 48.3 Å². The average molecular weight is 690 g/mol. The maximum absolute atomic E-state index is 9.85. The number of nitrogens with zero attached hydrogens (tertiary/aromatic N) is 4. The number of piperazine rings is 1. The third-order valence-corrected chi connectivity index (χ3v) is 9.38. The topological polar surface area (TPSA) is 52.4 Å². The molecule has 3 heterocycles. The van der Waals surface area contributed by atoms with Crippen molar-refractivity contribution < 1.29 is 4.74 Å². The van der Waals surface area contributed by atoms with E-state index in [-0.39, 0.29) is 32.9 Å². The normalized spacial score (nSPS) is 18.8. The number of pyridine rings is 1. The third-order valence-electron chi connectivity index (χ3n) is 8.88. The molecule has 3 unspecified atom stereocenters. The fraction of sp³-hybridized carbons (Fsp3) is 0.333. The number of methoxy groups -OCH3 is 1. The van der Waals surface area contributed by atoms with Gasteiger partial charge in [0.1, 0.15) is 0 Å². The van der Waals surface area contributed by atoms with Crippen LogP contribution in [0.3, 0.4) is 0 Å².